The summed E-state index contributed by atoms with van der Waals surface area (Å²) < 4.78 is 0. The van der Waals surface area contributed by atoms with Gasteiger partial charge in [0.2, 0.25) is 5.91 Å². The Morgan fingerprint density at radius 2 is 1.68 bits per heavy atom. The van der Waals surface area contributed by atoms with E-state index in [4.69, 9.17) is 0 Å². The van der Waals surface area contributed by atoms with E-state index in [-0.39, 0.29) is 18.5 Å². The molecule has 1 atom stereocenters. The van der Waals surface area contributed by atoms with Crippen LogP contribution in [0, 0.1) is 11.8 Å². The SMILES string of the molecule is CC(C)CNC(=O)NC(=O)CN[C@H](c1ccccc1)C(C)C. The third kappa shape index (κ3) is 6.72. The summed E-state index contributed by atoms with van der Waals surface area (Å²) in [7, 11) is 0. The summed E-state index contributed by atoms with van der Waals surface area (Å²) in [4.78, 5) is 23.4. The predicted octanol–water partition coefficient (Wildman–Crippen LogP) is 2.46. The molecule has 0 saturated heterocycles. The number of imide groups is 1. The highest BCUT2D eigenvalue weighted by atomic mass is 16.2. The second-order valence-corrected chi connectivity index (χ2v) is 6.17. The predicted molar refractivity (Wildman–Crippen MR) is 88.4 cm³/mol. The molecule has 0 aromatic heterocycles. The summed E-state index contributed by atoms with van der Waals surface area (Å²) >= 11 is 0. The molecule has 0 unspecified atom stereocenters. The summed E-state index contributed by atoms with van der Waals surface area (Å²) in [6.45, 7) is 8.83. The van der Waals surface area contributed by atoms with Crippen LogP contribution in [0.4, 0.5) is 4.79 Å². The van der Waals surface area contributed by atoms with Crippen molar-refractivity contribution in [1.82, 2.24) is 16.0 Å². The number of rotatable bonds is 7. The van der Waals surface area contributed by atoms with Crippen molar-refractivity contribution in [2.45, 2.75) is 33.7 Å². The second kappa shape index (κ2) is 9.20. The van der Waals surface area contributed by atoms with Crippen molar-refractivity contribution in [3.63, 3.8) is 0 Å². The van der Waals surface area contributed by atoms with Crippen LogP contribution in [0.3, 0.4) is 0 Å². The Labute approximate surface area is 132 Å². The molecule has 0 spiro atoms. The minimum absolute atomic E-state index is 0.0747. The Balaban J connectivity index is 2.45. The van der Waals surface area contributed by atoms with Crippen LogP contribution in [0.25, 0.3) is 0 Å². The van der Waals surface area contributed by atoms with Gasteiger partial charge in [0.25, 0.3) is 0 Å². The molecule has 0 heterocycles. The Hall–Kier alpha value is -1.88. The second-order valence-electron chi connectivity index (χ2n) is 6.17. The van der Waals surface area contributed by atoms with E-state index in [1.54, 1.807) is 0 Å². The zero-order valence-corrected chi connectivity index (χ0v) is 13.8. The highest BCUT2D eigenvalue weighted by Crippen LogP contribution is 2.20. The van der Waals surface area contributed by atoms with Gasteiger partial charge in [0, 0.05) is 12.6 Å². The van der Waals surface area contributed by atoms with Gasteiger partial charge < -0.3 is 10.6 Å². The molecular formula is C17H27N3O2. The van der Waals surface area contributed by atoms with Gasteiger partial charge in [-0.15, -0.1) is 0 Å². The summed E-state index contributed by atoms with van der Waals surface area (Å²) in [6.07, 6.45) is 0. The molecular weight excluding hydrogens is 278 g/mol. The van der Waals surface area contributed by atoms with Crippen LogP contribution >= 0.6 is 0 Å². The summed E-state index contributed by atoms with van der Waals surface area (Å²) in [5.41, 5.74) is 1.13. The lowest BCUT2D eigenvalue weighted by Gasteiger charge is -2.22. The van der Waals surface area contributed by atoms with E-state index in [9.17, 15) is 9.59 Å². The maximum Gasteiger partial charge on any atom is 0.321 e. The fourth-order valence-corrected chi connectivity index (χ4v) is 2.11. The number of carbonyl (C=O) groups is 2. The molecule has 0 fully saturated rings. The van der Waals surface area contributed by atoms with Gasteiger partial charge in [-0.05, 0) is 17.4 Å². The average molecular weight is 305 g/mol. The standard InChI is InChI=1S/C17H27N3O2/c1-12(2)10-19-17(22)20-15(21)11-18-16(13(3)4)14-8-6-5-7-9-14/h5-9,12-13,16,18H,10-11H2,1-4H3,(H2,19,20,21,22)/t16-/m0/s1. The Bertz CT molecular complexity index is 472. The van der Waals surface area contributed by atoms with Crippen molar-refractivity contribution in [3.8, 4) is 0 Å². The van der Waals surface area contributed by atoms with Crippen molar-refractivity contribution in [2.75, 3.05) is 13.1 Å². The Morgan fingerprint density at radius 1 is 1.05 bits per heavy atom. The van der Waals surface area contributed by atoms with E-state index >= 15 is 0 Å². The van der Waals surface area contributed by atoms with Crippen LogP contribution in [-0.2, 0) is 4.79 Å². The van der Waals surface area contributed by atoms with Crippen LogP contribution in [-0.4, -0.2) is 25.0 Å². The van der Waals surface area contributed by atoms with Gasteiger partial charge >= 0.3 is 6.03 Å². The zero-order chi connectivity index (χ0) is 16.5. The number of urea groups is 1. The van der Waals surface area contributed by atoms with E-state index in [2.05, 4.69) is 29.8 Å². The first-order chi connectivity index (χ1) is 10.4. The molecule has 0 aliphatic rings. The van der Waals surface area contributed by atoms with Crippen LogP contribution < -0.4 is 16.0 Å². The lowest BCUT2D eigenvalue weighted by atomic mass is 9.96. The van der Waals surface area contributed by atoms with Gasteiger partial charge in [-0.25, -0.2) is 4.79 Å². The smallest absolute Gasteiger partial charge is 0.321 e. The first kappa shape index (κ1) is 18.2. The third-order valence-electron chi connectivity index (χ3n) is 3.23. The quantitative estimate of drug-likeness (QED) is 0.724. The van der Waals surface area contributed by atoms with Crippen LogP contribution in [0.1, 0.15) is 39.3 Å². The molecule has 0 bridgehead atoms. The maximum absolute atomic E-state index is 11.8. The Morgan fingerprint density at radius 3 is 2.23 bits per heavy atom. The van der Waals surface area contributed by atoms with Crippen LogP contribution in [0.15, 0.2) is 30.3 Å². The highest BCUT2D eigenvalue weighted by Gasteiger charge is 2.17. The molecule has 3 N–H and O–H groups in total. The first-order valence-corrected chi connectivity index (χ1v) is 7.76. The monoisotopic (exact) mass is 305 g/mol. The summed E-state index contributed by atoms with van der Waals surface area (Å²) in [5.74, 6) is 0.357. The first-order valence-electron chi connectivity index (χ1n) is 7.76. The van der Waals surface area contributed by atoms with Gasteiger partial charge in [0.15, 0.2) is 0 Å². The van der Waals surface area contributed by atoms with E-state index in [0.29, 0.717) is 18.4 Å². The summed E-state index contributed by atoms with van der Waals surface area (Å²) in [6, 6.07) is 9.62. The molecule has 5 nitrogen and oxygen atoms in total. The molecule has 22 heavy (non-hydrogen) atoms. The van der Waals surface area contributed by atoms with Gasteiger partial charge in [0.05, 0.1) is 6.54 Å². The average Bonchev–Trinajstić information content (AvgIpc) is 2.46. The fraction of sp³-hybridized carbons (Fsp3) is 0.529. The topological polar surface area (TPSA) is 70.2 Å². The molecule has 1 aromatic rings. The largest absolute Gasteiger partial charge is 0.338 e. The molecule has 122 valence electrons. The van der Waals surface area contributed by atoms with E-state index in [0.717, 1.165) is 5.56 Å². The van der Waals surface area contributed by atoms with Gasteiger partial charge in [0.1, 0.15) is 0 Å². The van der Waals surface area contributed by atoms with Crippen LogP contribution in [0.5, 0.6) is 0 Å². The molecule has 0 saturated carbocycles. The fourth-order valence-electron chi connectivity index (χ4n) is 2.11. The van der Waals surface area contributed by atoms with E-state index in [1.807, 2.05) is 44.2 Å². The third-order valence-corrected chi connectivity index (χ3v) is 3.23. The van der Waals surface area contributed by atoms with Crippen molar-refractivity contribution in [3.05, 3.63) is 35.9 Å². The summed E-state index contributed by atoms with van der Waals surface area (Å²) in [5, 5.41) is 8.20. The molecule has 5 heteroatoms. The number of nitrogens with one attached hydrogen (secondary N) is 3. The van der Waals surface area contributed by atoms with Crippen molar-refractivity contribution in [1.29, 1.82) is 0 Å². The lowest BCUT2D eigenvalue weighted by Crippen LogP contribution is -2.45. The van der Waals surface area contributed by atoms with Gasteiger partial charge in [-0.3, -0.25) is 10.1 Å². The number of hydrogen-bond acceptors (Lipinski definition) is 3. The molecule has 1 rings (SSSR count). The number of carbonyl (C=O) groups excluding carboxylic acids is 2. The normalized spacial score (nSPS) is 12.3. The lowest BCUT2D eigenvalue weighted by molar-refractivity contribution is -0.119. The van der Waals surface area contributed by atoms with Crippen molar-refractivity contribution < 1.29 is 9.59 Å². The number of amides is 3. The van der Waals surface area contributed by atoms with Gasteiger partial charge in [-0.1, -0.05) is 58.0 Å². The maximum atomic E-state index is 11.8. The van der Waals surface area contributed by atoms with Crippen molar-refractivity contribution in [2.24, 2.45) is 11.8 Å². The van der Waals surface area contributed by atoms with Crippen LogP contribution in [0.2, 0.25) is 0 Å². The molecule has 3 amide bonds. The zero-order valence-electron chi connectivity index (χ0n) is 13.8. The molecule has 0 radical (unpaired) electrons. The van der Waals surface area contributed by atoms with E-state index in [1.165, 1.54) is 0 Å². The molecule has 1 aromatic carbocycles. The molecule has 0 aliphatic carbocycles. The molecule has 0 aliphatic heterocycles. The Kier molecular flexibility index (Phi) is 7.60. The van der Waals surface area contributed by atoms with Gasteiger partial charge in [-0.2, -0.15) is 0 Å². The minimum Gasteiger partial charge on any atom is -0.338 e. The highest BCUT2D eigenvalue weighted by molar-refractivity contribution is 5.95. The van der Waals surface area contributed by atoms with Crippen molar-refractivity contribution >= 4 is 11.9 Å². The minimum atomic E-state index is -0.443. The number of hydrogen-bond donors (Lipinski definition) is 3. The number of benzene rings is 1. The van der Waals surface area contributed by atoms with E-state index < -0.39 is 6.03 Å².